The summed E-state index contributed by atoms with van der Waals surface area (Å²) in [6.45, 7) is 2.10. The highest BCUT2D eigenvalue weighted by Crippen LogP contribution is 2.31. The van der Waals surface area contributed by atoms with Crippen molar-refractivity contribution in [3.05, 3.63) is 52.5 Å². The van der Waals surface area contributed by atoms with E-state index >= 15 is 0 Å². The van der Waals surface area contributed by atoms with Crippen LogP contribution in [0.2, 0.25) is 0 Å². The molecule has 0 radical (unpaired) electrons. The normalized spacial score (nSPS) is 11.8. The molecular formula is C16H18BrNO2. The van der Waals surface area contributed by atoms with Crippen molar-refractivity contribution in [2.45, 2.75) is 13.0 Å². The fourth-order valence-corrected chi connectivity index (χ4v) is 2.51. The number of hydrogen-bond acceptors (Lipinski definition) is 3. The Morgan fingerprint density at radius 2 is 1.70 bits per heavy atom. The van der Waals surface area contributed by atoms with Gasteiger partial charge in [0.05, 0.1) is 24.7 Å². The van der Waals surface area contributed by atoms with Gasteiger partial charge in [0, 0.05) is 17.3 Å². The fraction of sp³-hybridized carbons (Fsp3) is 0.250. The van der Waals surface area contributed by atoms with Crippen LogP contribution >= 0.6 is 15.9 Å². The molecule has 0 heterocycles. The zero-order chi connectivity index (χ0) is 14.5. The van der Waals surface area contributed by atoms with Gasteiger partial charge in [0.15, 0.2) is 0 Å². The molecule has 4 heteroatoms. The van der Waals surface area contributed by atoms with Gasteiger partial charge in [-0.15, -0.1) is 0 Å². The molecule has 3 nitrogen and oxygen atoms in total. The van der Waals surface area contributed by atoms with Crippen LogP contribution in [0, 0.1) is 0 Å². The SMILES string of the molecule is COc1cc(NC(C)c2ccccc2OC)ccc1Br. The van der Waals surface area contributed by atoms with E-state index in [1.54, 1.807) is 14.2 Å². The number of anilines is 1. The third-order valence-corrected chi connectivity index (χ3v) is 3.79. The number of hydrogen-bond donors (Lipinski definition) is 1. The Morgan fingerprint density at radius 3 is 2.40 bits per heavy atom. The number of methoxy groups -OCH3 is 2. The van der Waals surface area contributed by atoms with Crippen LogP contribution in [0.4, 0.5) is 5.69 Å². The predicted octanol–water partition coefficient (Wildman–Crippen LogP) is 4.64. The molecule has 2 aromatic rings. The molecule has 0 saturated heterocycles. The molecular weight excluding hydrogens is 318 g/mol. The van der Waals surface area contributed by atoms with Crippen LogP contribution in [0.5, 0.6) is 11.5 Å². The van der Waals surface area contributed by atoms with Crippen LogP contribution in [0.3, 0.4) is 0 Å². The molecule has 2 rings (SSSR count). The molecule has 0 aliphatic rings. The first kappa shape index (κ1) is 14.7. The van der Waals surface area contributed by atoms with E-state index in [1.807, 2.05) is 36.4 Å². The molecule has 0 saturated carbocycles. The van der Waals surface area contributed by atoms with E-state index in [4.69, 9.17) is 9.47 Å². The molecule has 106 valence electrons. The van der Waals surface area contributed by atoms with Crippen molar-refractivity contribution in [3.63, 3.8) is 0 Å². The number of rotatable bonds is 5. The lowest BCUT2D eigenvalue weighted by molar-refractivity contribution is 0.408. The zero-order valence-electron chi connectivity index (χ0n) is 11.8. The van der Waals surface area contributed by atoms with Gasteiger partial charge < -0.3 is 14.8 Å². The molecule has 0 bridgehead atoms. The maximum Gasteiger partial charge on any atom is 0.135 e. The third-order valence-electron chi connectivity index (χ3n) is 3.14. The summed E-state index contributed by atoms with van der Waals surface area (Å²) >= 11 is 3.45. The maximum absolute atomic E-state index is 5.40. The van der Waals surface area contributed by atoms with E-state index in [2.05, 4.69) is 34.2 Å². The van der Waals surface area contributed by atoms with E-state index in [9.17, 15) is 0 Å². The number of halogens is 1. The highest BCUT2D eigenvalue weighted by molar-refractivity contribution is 9.10. The Labute approximate surface area is 128 Å². The summed E-state index contributed by atoms with van der Waals surface area (Å²) in [6, 6.07) is 14.1. The van der Waals surface area contributed by atoms with Gasteiger partial charge in [0.1, 0.15) is 11.5 Å². The van der Waals surface area contributed by atoms with E-state index in [0.29, 0.717) is 0 Å². The first-order chi connectivity index (χ1) is 9.65. The maximum atomic E-state index is 5.40. The van der Waals surface area contributed by atoms with Crippen molar-refractivity contribution >= 4 is 21.6 Å². The smallest absolute Gasteiger partial charge is 0.135 e. The second kappa shape index (κ2) is 6.66. The lowest BCUT2D eigenvalue weighted by atomic mass is 10.1. The predicted molar refractivity (Wildman–Crippen MR) is 85.7 cm³/mol. The molecule has 2 aromatic carbocycles. The Bertz CT molecular complexity index is 586. The van der Waals surface area contributed by atoms with Crippen molar-refractivity contribution in [2.24, 2.45) is 0 Å². The Morgan fingerprint density at radius 1 is 1.00 bits per heavy atom. The van der Waals surface area contributed by atoms with Gasteiger partial charge in [-0.3, -0.25) is 0 Å². The summed E-state index contributed by atoms with van der Waals surface area (Å²) in [5.74, 6) is 1.69. The van der Waals surface area contributed by atoms with Crippen LogP contribution in [-0.2, 0) is 0 Å². The molecule has 1 unspecified atom stereocenters. The number of nitrogens with one attached hydrogen (secondary N) is 1. The largest absolute Gasteiger partial charge is 0.496 e. The highest BCUT2D eigenvalue weighted by atomic mass is 79.9. The number of benzene rings is 2. The summed E-state index contributed by atoms with van der Waals surface area (Å²) in [4.78, 5) is 0. The van der Waals surface area contributed by atoms with Gasteiger partial charge in [0.2, 0.25) is 0 Å². The molecule has 0 fully saturated rings. The topological polar surface area (TPSA) is 30.5 Å². The fourth-order valence-electron chi connectivity index (χ4n) is 2.10. The Hall–Kier alpha value is -1.68. The van der Waals surface area contributed by atoms with E-state index in [0.717, 1.165) is 27.2 Å². The number of para-hydroxylation sites is 1. The van der Waals surface area contributed by atoms with Crippen LogP contribution in [0.1, 0.15) is 18.5 Å². The lowest BCUT2D eigenvalue weighted by Crippen LogP contribution is -2.08. The van der Waals surface area contributed by atoms with Crippen molar-refractivity contribution in [2.75, 3.05) is 19.5 Å². The van der Waals surface area contributed by atoms with Gasteiger partial charge >= 0.3 is 0 Å². The first-order valence-corrected chi connectivity index (χ1v) is 7.18. The molecule has 1 N–H and O–H groups in total. The van der Waals surface area contributed by atoms with E-state index in [1.165, 1.54) is 0 Å². The second-order valence-corrected chi connectivity index (χ2v) is 5.31. The zero-order valence-corrected chi connectivity index (χ0v) is 13.4. The highest BCUT2D eigenvalue weighted by Gasteiger charge is 2.11. The molecule has 0 aromatic heterocycles. The molecule has 20 heavy (non-hydrogen) atoms. The van der Waals surface area contributed by atoms with Gasteiger partial charge in [-0.1, -0.05) is 18.2 Å². The lowest BCUT2D eigenvalue weighted by Gasteiger charge is -2.19. The minimum Gasteiger partial charge on any atom is -0.496 e. The summed E-state index contributed by atoms with van der Waals surface area (Å²) in [7, 11) is 3.35. The van der Waals surface area contributed by atoms with E-state index < -0.39 is 0 Å². The van der Waals surface area contributed by atoms with Gasteiger partial charge in [-0.2, -0.15) is 0 Å². The Kier molecular flexibility index (Phi) is 4.90. The summed E-state index contributed by atoms with van der Waals surface area (Å²) in [6.07, 6.45) is 0. The van der Waals surface area contributed by atoms with Crippen molar-refractivity contribution in [1.82, 2.24) is 0 Å². The molecule has 0 aliphatic carbocycles. The van der Waals surface area contributed by atoms with Crippen molar-refractivity contribution < 1.29 is 9.47 Å². The van der Waals surface area contributed by atoms with Crippen LogP contribution < -0.4 is 14.8 Å². The van der Waals surface area contributed by atoms with Crippen molar-refractivity contribution in [1.29, 1.82) is 0 Å². The van der Waals surface area contributed by atoms with Crippen molar-refractivity contribution in [3.8, 4) is 11.5 Å². The standard InChI is InChI=1S/C16H18BrNO2/c1-11(13-6-4-5-7-15(13)19-2)18-12-8-9-14(17)16(10-12)20-3/h4-11,18H,1-3H3. The number of ether oxygens (including phenoxy) is 2. The third kappa shape index (κ3) is 3.25. The second-order valence-electron chi connectivity index (χ2n) is 4.46. The minimum atomic E-state index is 0.136. The van der Waals surface area contributed by atoms with E-state index in [-0.39, 0.29) is 6.04 Å². The first-order valence-electron chi connectivity index (χ1n) is 6.38. The molecule has 0 aliphatic heterocycles. The monoisotopic (exact) mass is 335 g/mol. The minimum absolute atomic E-state index is 0.136. The average Bonchev–Trinajstić information content (AvgIpc) is 2.49. The van der Waals surface area contributed by atoms with Crippen LogP contribution in [0.25, 0.3) is 0 Å². The molecule has 0 amide bonds. The average molecular weight is 336 g/mol. The summed E-state index contributed by atoms with van der Waals surface area (Å²) in [5.41, 5.74) is 2.13. The van der Waals surface area contributed by atoms with Crippen LogP contribution in [-0.4, -0.2) is 14.2 Å². The summed E-state index contributed by atoms with van der Waals surface area (Å²) in [5, 5.41) is 3.45. The quantitative estimate of drug-likeness (QED) is 0.863. The van der Waals surface area contributed by atoms with Gasteiger partial charge in [0.25, 0.3) is 0 Å². The Balaban J connectivity index is 2.21. The summed E-state index contributed by atoms with van der Waals surface area (Å²) < 4.78 is 11.6. The molecule has 0 spiro atoms. The van der Waals surface area contributed by atoms with Crippen LogP contribution in [0.15, 0.2) is 46.9 Å². The van der Waals surface area contributed by atoms with Gasteiger partial charge in [-0.25, -0.2) is 0 Å². The molecule has 1 atom stereocenters. The van der Waals surface area contributed by atoms with Gasteiger partial charge in [-0.05, 0) is 41.1 Å².